The number of aromatic hydroxyl groups is 1. The number of aliphatic hydroxyl groups is 1. The van der Waals surface area contributed by atoms with Crippen LogP contribution in [0.2, 0.25) is 0 Å². The molecule has 1 aromatic rings. The number of phenolic OH excluding ortho intramolecular Hbond substituents is 1. The van der Waals surface area contributed by atoms with Crippen molar-refractivity contribution in [2.24, 2.45) is 17.6 Å². The number of benzene rings is 1. The molecule has 1 fully saturated rings. The summed E-state index contributed by atoms with van der Waals surface area (Å²) < 4.78 is 12.6. The molecule has 192 valence electrons. The van der Waals surface area contributed by atoms with Crippen molar-refractivity contribution in [1.82, 2.24) is 5.32 Å². The highest BCUT2D eigenvalue weighted by Gasteiger charge is 2.30. The van der Waals surface area contributed by atoms with Gasteiger partial charge in [-0.2, -0.15) is 0 Å². The predicted molar refractivity (Wildman–Crippen MR) is 133 cm³/mol. The van der Waals surface area contributed by atoms with E-state index in [0.717, 1.165) is 31.2 Å². The van der Waals surface area contributed by atoms with Crippen molar-refractivity contribution < 1.29 is 29.3 Å². The third-order valence-corrected chi connectivity index (χ3v) is 8.61. The lowest BCUT2D eigenvalue weighted by Crippen LogP contribution is -2.51. The van der Waals surface area contributed by atoms with Crippen LogP contribution in [0.4, 0.5) is 0 Å². The summed E-state index contributed by atoms with van der Waals surface area (Å²) in [6.45, 7) is 3.63. The molecule has 0 aromatic heterocycles. The molecule has 1 aromatic carbocycles. The molecule has 0 spiro atoms. The molecular weight excluding hydrogens is 455 g/mol. The molecule has 1 amide bonds. The fourth-order valence-corrected chi connectivity index (χ4v) is 6.75. The molecule has 34 heavy (non-hydrogen) atoms. The number of aliphatic hydroxyl groups excluding tert-OH is 1. The minimum absolute atomic E-state index is 0.000915. The number of rotatable bonds is 13. The molecule has 0 bridgehead atoms. The van der Waals surface area contributed by atoms with Gasteiger partial charge in [-0.1, -0.05) is 45.2 Å². The Bertz CT molecular complexity index is 838. The molecule has 4 atom stereocenters. The first-order valence-corrected chi connectivity index (χ1v) is 14.4. The quantitative estimate of drug-likeness (QED) is 0.264. The van der Waals surface area contributed by atoms with Crippen molar-refractivity contribution in [3.8, 4) is 5.75 Å². The van der Waals surface area contributed by atoms with Crippen molar-refractivity contribution in [3.05, 3.63) is 29.8 Å². The Morgan fingerprint density at radius 1 is 1.15 bits per heavy atom. The Balaban J connectivity index is 1.83. The van der Waals surface area contributed by atoms with Crippen LogP contribution in [0, 0.1) is 11.8 Å². The Morgan fingerprint density at radius 3 is 2.35 bits per heavy atom. The van der Waals surface area contributed by atoms with Crippen molar-refractivity contribution in [3.63, 3.8) is 0 Å². The van der Waals surface area contributed by atoms with E-state index in [-0.39, 0.29) is 55.0 Å². The van der Waals surface area contributed by atoms with Gasteiger partial charge >= 0.3 is 0 Å². The molecular formula is C25H41N2O6P. The maximum absolute atomic E-state index is 12.8. The van der Waals surface area contributed by atoms with E-state index >= 15 is 0 Å². The first kappa shape index (κ1) is 28.5. The molecule has 0 radical (unpaired) electrons. The van der Waals surface area contributed by atoms with Gasteiger partial charge in [-0.25, -0.2) is 0 Å². The summed E-state index contributed by atoms with van der Waals surface area (Å²) >= 11 is 0. The zero-order chi connectivity index (χ0) is 25.3. The number of phenols is 1. The van der Waals surface area contributed by atoms with E-state index in [0.29, 0.717) is 0 Å². The standard InChI is InChI=1S/C25H41N2O6P/c1-17(2)24(27-25(31)22(26)14-18-8-10-20(28)11-9-18)23(30)13-12-21(29)16-34(32,33)15-19-6-4-3-5-7-19/h8-11,17,19,21-22,24,28-29H,3-7,12-16,26H2,1-2H3,(H,27,31)(H,32,33)/t21-,22+,24+/m1/s1. The highest BCUT2D eigenvalue weighted by molar-refractivity contribution is 7.58. The van der Waals surface area contributed by atoms with E-state index in [1.54, 1.807) is 12.1 Å². The van der Waals surface area contributed by atoms with Crippen LogP contribution in [0.1, 0.15) is 64.4 Å². The Kier molecular flexibility index (Phi) is 11.2. The van der Waals surface area contributed by atoms with E-state index in [2.05, 4.69) is 5.32 Å². The number of ketones is 1. The molecule has 1 saturated carbocycles. The summed E-state index contributed by atoms with van der Waals surface area (Å²) in [5.41, 5.74) is 6.81. The van der Waals surface area contributed by atoms with Crippen LogP contribution in [-0.4, -0.2) is 57.3 Å². The normalized spacial score (nSPS) is 19.2. The number of nitrogens with one attached hydrogen (secondary N) is 1. The second-order valence-corrected chi connectivity index (χ2v) is 12.5. The summed E-state index contributed by atoms with van der Waals surface area (Å²) in [6, 6.07) is 4.79. The SMILES string of the molecule is CC(C)[C@H](NC(=O)[C@@H](N)Cc1ccc(O)cc1)C(=O)CC[C@@H](O)CP(=O)(O)CC1CCCCC1. The molecule has 2 rings (SSSR count). The molecule has 6 N–H and O–H groups in total. The van der Waals surface area contributed by atoms with Crippen LogP contribution >= 0.6 is 7.37 Å². The molecule has 8 nitrogen and oxygen atoms in total. The van der Waals surface area contributed by atoms with Crippen LogP contribution < -0.4 is 11.1 Å². The van der Waals surface area contributed by atoms with Crippen LogP contribution in [0.5, 0.6) is 5.75 Å². The Hall–Kier alpha value is -1.73. The van der Waals surface area contributed by atoms with Crippen LogP contribution in [0.15, 0.2) is 24.3 Å². The number of carbonyl (C=O) groups is 2. The van der Waals surface area contributed by atoms with Crippen molar-refractivity contribution in [1.29, 1.82) is 0 Å². The number of carbonyl (C=O) groups excluding carboxylic acids is 2. The predicted octanol–water partition coefficient (Wildman–Crippen LogP) is 2.96. The number of amides is 1. The summed E-state index contributed by atoms with van der Waals surface area (Å²) in [7, 11) is -3.46. The molecule has 1 unspecified atom stereocenters. The van der Waals surface area contributed by atoms with Crippen molar-refractivity contribution in [2.75, 3.05) is 12.3 Å². The third kappa shape index (κ3) is 9.87. The van der Waals surface area contributed by atoms with E-state index in [4.69, 9.17) is 5.73 Å². The summed E-state index contributed by atoms with van der Waals surface area (Å²) in [4.78, 5) is 35.7. The zero-order valence-corrected chi connectivity index (χ0v) is 21.3. The number of nitrogens with two attached hydrogens (primary N) is 1. The van der Waals surface area contributed by atoms with Gasteiger partial charge in [0.05, 0.1) is 24.3 Å². The molecule has 0 heterocycles. The zero-order valence-electron chi connectivity index (χ0n) is 20.4. The number of hydrogen-bond acceptors (Lipinski definition) is 6. The van der Waals surface area contributed by atoms with Crippen LogP contribution in [-0.2, 0) is 20.6 Å². The first-order valence-electron chi connectivity index (χ1n) is 12.3. The molecule has 1 aliphatic rings. The van der Waals surface area contributed by atoms with Gasteiger partial charge in [-0.15, -0.1) is 0 Å². The highest BCUT2D eigenvalue weighted by atomic mass is 31.2. The number of hydrogen-bond donors (Lipinski definition) is 5. The van der Waals surface area contributed by atoms with Gasteiger partial charge in [0, 0.05) is 12.6 Å². The van der Waals surface area contributed by atoms with E-state index in [1.165, 1.54) is 18.6 Å². The molecule has 9 heteroatoms. The van der Waals surface area contributed by atoms with Gasteiger partial charge in [0.15, 0.2) is 5.78 Å². The van der Waals surface area contributed by atoms with E-state index in [9.17, 15) is 29.3 Å². The average molecular weight is 497 g/mol. The molecule has 1 aliphatic carbocycles. The minimum atomic E-state index is -3.46. The van der Waals surface area contributed by atoms with Gasteiger partial charge in [0.2, 0.25) is 13.3 Å². The lowest BCUT2D eigenvalue weighted by molar-refractivity contribution is -0.129. The van der Waals surface area contributed by atoms with E-state index < -0.39 is 31.5 Å². The van der Waals surface area contributed by atoms with Gasteiger partial charge in [-0.05, 0) is 55.2 Å². The van der Waals surface area contributed by atoms with Gasteiger partial charge in [0.25, 0.3) is 0 Å². The summed E-state index contributed by atoms with van der Waals surface area (Å²) in [5.74, 6) is -0.497. The first-order chi connectivity index (χ1) is 16.0. The maximum atomic E-state index is 12.8. The van der Waals surface area contributed by atoms with E-state index in [1.807, 2.05) is 13.8 Å². The minimum Gasteiger partial charge on any atom is -0.508 e. The number of Topliss-reactive ketones (excluding diaryl/α,β-unsaturated/α-hetero) is 1. The lowest BCUT2D eigenvalue weighted by atomic mass is 9.91. The Labute approximate surface area is 202 Å². The monoisotopic (exact) mass is 496 g/mol. The molecule has 0 saturated heterocycles. The van der Waals surface area contributed by atoms with Gasteiger partial charge in [0.1, 0.15) is 5.75 Å². The van der Waals surface area contributed by atoms with Gasteiger partial charge in [-0.3, -0.25) is 14.2 Å². The van der Waals surface area contributed by atoms with Crippen molar-refractivity contribution in [2.45, 2.75) is 83.4 Å². The Morgan fingerprint density at radius 2 is 1.76 bits per heavy atom. The smallest absolute Gasteiger partial charge is 0.237 e. The third-order valence-electron chi connectivity index (χ3n) is 6.53. The summed E-state index contributed by atoms with van der Waals surface area (Å²) in [6.07, 6.45) is 4.60. The second-order valence-electron chi connectivity index (χ2n) is 10.1. The van der Waals surface area contributed by atoms with Gasteiger partial charge < -0.3 is 26.2 Å². The average Bonchev–Trinajstić information content (AvgIpc) is 2.77. The maximum Gasteiger partial charge on any atom is 0.237 e. The van der Waals surface area contributed by atoms with Crippen LogP contribution in [0.3, 0.4) is 0 Å². The molecule has 0 aliphatic heterocycles. The summed E-state index contributed by atoms with van der Waals surface area (Å²) in [5, 5.41) is 22.4. The fraction of sp³-hybridized carbons (Fsp3) is 0.680. The lowest BCUT2D eigenvalue weighted by Gasteiger charge is -2.26. The highest BCUT2D eigenvalue weighted by Crippen LogP contribution is 2.46. The van der Waals surface area contributed by atoms with Crippen LogP contribution in [0.25, 0.3) is 0 Å². The topological polar surface area (TPSA) is 150 Å². The second kappa shape index (κ2) is 13.4. The van der Waals surface area contributed by atoms with Crippen molar-refractivity contribution >= 4 is 19.1 Å². The largest absolute Gasteiger partial charge is 0.508 e. The fourth-order valence-electron chi connectivity index (χ4n) is 4.59.